The number of aromatic nitrogens is 3. The van der Waals surface area contributed by atoms with Gasteiger partial charge in [0.25, 0.3) is 0 Å². The first kappa shape index (κ1) is 13.7. The van der Waals surface area contributed by atoms with E-state index in [0.29, 0.717) is 17.9 Å². The van der Waals surface area contributed by atoms with E-state index < -0.39 is 0 Å². The van der Waals surface area contributed by atoms with Gasteiger partial charge in [-0.15, -0.1) is 0 Å². The van der Waals surface area contributed by atoms with Crippen LogP contribution in [0, 0.1) is 0 Å². The second-order valence-corrected chi connectivity index (χ2v) is 5.20. The van der Waals surface area contributed by atoms with Crippen molar-refractivity contribution in [3.8, 4) is 5.88 Å². The SMILES string of the molecule is CNc1ncc2c(O)n(CCc3ccc(Cl)cc3)cc2n1. The van der Waals surface area contributed by atoms with Crippen molar-refractivity contribution in [3.63, 3.8) is 0 Å². The summed E-state index contributed by atoms with van der Waals surface area (Å²) in [7, 11) is 1.76. The lowest BCUT2D eigenvalue weighted by molar-refractivity contribution is 0.422. The monoisotopic (exact) mass is 302 g/mol. The van der Waals surface area contributed by atoms with Crippen molar-refractivity contribution < 1.29 is 5.11 Å². The van der Waals surface area contributed by atoms with Gasteiger partial charge in [-0.3, -0.25) is 0 Å². The highest BCUT2D eigenvalue weighted by atomic mass is 35.5. The Labute approximate surface area is 127 Å². The van der Waals surface area contributed by atoms with Crippen molar-refractivity contribution >= 4 is 28.5 Å². The summed E-state index contributed by atoms with van der Waals surface area (Å²) in [5, 5.41) is 14.5. The molecule has 3 rings (SSSR count). The van der Waals surface area contributed by atoms with Crippen molar-refractivity contribution in [1.29, 1.82) is 0 Å². The van der Waals surface area contributed by atoms with E-state index in [4.69, 9.17) is 11.6 Å². The molecule has 0 unspecified atom stereocenters. The number of benzene rings is 1. The number of anilines is 1. The van der Waals surface area contributed by atoms with Crippen LogP contribution in [-0.2, 0) is 13.0 Å². The molecular formula is C15H15ClN4O. The van der Waals surface area contributed by atoms with Gasteiger partial charge in [-0.05, 0) is 24.1 Å². The zero-order valence-electron chi connectivity index (χ0n) is 11.5. The minimum absolute atomic E-state index is 0.196. The molecule has 0 radical (unpaired) electrons. The van der Waals surface area contributed by atoms with E-state index in [0.717, 1.165) is 17.0 Å². The van der Waals surface area contributed by atoms with E-state index in [9.17, 15) is 5.11 Å². The van der Waals surface area contributed by atoms with Crippen LogP contribution in [0.5, 0.6) is 5.88 Å². The summed E-state index contributed by atoms with van der Waals surface area (Å²) in [6.45, 7) is 0.665. The van der Waals surface area contributed by atoms with Crippen LogP contribution in [0.2, 0.25) is 5.02 Å². The maximum absolute atomic E-state index is 10.2. The molecule has 2 N–H and O–H groups in total. The van der Waals surface area contributed by atoms with E-state index in [1.807, 2.05) is 30.5 Å². The molecule has 0 amide bonds. The number of hydrogen-bond donors (Lipinski definition) is 2. The Kier molecular flexibility index (Phi) is 3.66. The third kappa shape index (κ3) is 2.78. The Morgan fingerprint density at radius 2 is 2.05 bits per heavy atom. The van der Waals surface area contributed by atoms with Crippen molar-refractivity contribution in [3.05, 3.63) is 47.2 Å². The third-order valence-electron chi connectivity index (χ3n) is 3.39. The second-order valence-electron chi connectivity index (χ2n) is 4.77. The van der Waals surface area contributed by atoms with Crippen molar-refractivity contribution in [2.24, 2.45) is 0 Å². The summed E-state index contributed by atoms with van der Waals surface area (Å²) < 4.78 is 1.79. The topological polar surface area (TPSA) is 63.0 Å². The summed E-state index contributed by atoms with van der Waals surface area (Å²) in [6.07, 6.45) is 4.27. The van der Waals surface area contributed by atoms with Crippen LogP contribution in [-0.4, -0.2) is 26.7 Å². The molecule has 21 heavy (non-hydrogen) atoms. The Balaban J connectivity index is 1.83. The number of aryl methyl sites for hydroxylation is 2. The minimum atomic E-state index is 0.196. The van der Waals surface area contributed by atoms with Gasteiger partial charge in [0, 0.05) is 31.0 Å². The summed E-state index contributed by atoms with van der Waals surface area (Å²) in [5.41, 5.74) is 1.89. The van der Waals surface area contributed by atoms with E-state index in [1.54, 1.807) is 17.8 Å². The van der Waals surface area contributed by atoms with E-state index in [-0.39, 0.29) is 5.88 Å². The molecule has 6 heteroatoms. The number of hydrogen-bond acceptors (Lipinski definition) is 4. The summed E-state index contributed by atoms with van der Waals surface area (Å²) in [4.78, 5) is 8.44. The van der Waals surface area contributed by atoms with Crippen LogP contribution in [0.4, 0.5) is 5.95 Å². The Morgan fingerprint density at radius 3 is 2.76 bits per heavy atom. The average Bonchev–Trinajstić information content (AvgIpc) is 2.82. The van der Waals surface area contributed by atoms with Crippen LogP contribution in [0.15, 0.2) is 36.7 Å². The Morgan fingerprint density at radius 1 is 1.29 bits per heavy atom. The first-order valence-corrected chi connectivity index (χ1v) is 7.02. The van der Waals surface area contributed by atoms with Gasteiger partial charge in [0.05, 0.1) is 10.9 Å². The predicted molar refractivity (Wildman–Crippen MR) is 83.9 cm³/mol. The van der Waals surface area contributed by atoms with Crippen molar-refractivity contribution in [1.82, 2.24) is 14.5 Å². The molecule has 0 bridgehead atoms. The van der Waals surface area contributed by atoms with Gasteiger partial charge in [-0.1, -0.05) is 23.7 Å². The summed E-state index contributed by atoms with van der Waals surface area (Å²) >= 11 is 5.87. The molecule has 2 aromatic heterocycles. The third-order valence-corrected chi connectivity index (χ3v) is 3.64. The first-order chi connectivity index (χ1) is 10.2. The zero-order valence-corrected chi connectivity index (χ0v) is 12.3. The second kappa shape index (κ2) is 5.61. The highest BCUT2D eigenvalue weighted by Gasteiger charge is 2.10. The largest absolute Gasteiger partial charge is 0.494 e. The van der Waals surface area contributed by atoms with E-state index in [2.05, 4.69) is 15.3 Å². The Hall–Kier alpha value is -2.27. The van der Waals surface area contributed by atoms with Crippen LogP contribution >= 0.6 is 11.6 Å². The molecule has 1 aromatic carbocycles. The zero-order chi connectivity index (χ0) is 14.8. The highest BCUT2D eigenvalue weighted by Crippen LogP contribution is 2.26. The lowest BCUT2D eigenvalue weighted by Crippen LogP contribution is -1.99. The molecule has 0 aliphatic rings. The minimum Gasteiger partial charge on any atom is -0.494 e. The standard InChI is InChI=1S/C15H15ClN4O/c1-17-15-18-8-12-13(19-15)9-20(14(12)21)7-6-10-2-4-11(16)5-3-10/h2-5,8-9,21H,6-7H2,1H3,(H,17,19). The molecule has 3 aromatic rings. The van der Waals surface area contributed by atoms with Gasteiger partial charge in [0.2, 0.25) is 11.8 Å². The smallest absolute Gasteiger partial charge is 0.223 e. The molecular weight excluding hydrogens is 288 g/mol. The number of rotatable bonds is 4. The molecule has 2 heterocycles. The molecule has 0 spiro atoms. The maximum atomic E-state index is 10.2. The Bertz CT molecular complexity index is 767. The van der Waals surface area contributed by atoms with E-state index >= 15 is 0 Å². The molecule has 0 saturated heterocycles. The number of aromatic hydroxyl groups is 1. The predicted octanol–water partition coefficient (Wildman–Crippen LogP) is 3.07. The lowest BCUT2D eigenvalue weighted by Gasteiger charge is -2.05. The highest BCUT2D eigenvalue weighted by molar-refractivity contribution is 6.30. The van der Waals surface area contributed by atoms with Gasteiger partial charge in [-0.2, -0.15) is 0 Å². The van der Waals surface area contributed by atoms with Gasteiger partial charge in [0.1, 0.15) is 0 Å². The van der Waals surface area contributed by atoms with Crippen molar-refractivity contribution in [2.45, 2.75) is 13.0 Å². The number of fused-ring (bicyclic) bond motifs is 1. The molecule has 5 nitrogen and oxygen atoms in total. The molecule has 0 aliphatic heterocycles. The fraction of sp³-hybridized carbons (Fsp3) is 0.200. The number of halogens is 1. The van der Waals surface area contributed by atoms with E-state index in [1.165, 1.54) is 5.56 Å². The van der Waals surface area contributed by atoms with Gasteiger partial charge in [-0.25, -0.2) is 9.97 Å². The molecule has 0 fully saturated rings. The quantitative estimate of drug-likeness (QED) is 0.777. The van der Waals surface area contributed by atoms with Gasteiger partial charge in [0.15, 0.2) is 0 Å². The van der Waals surface area contributed by atoms with Crippen LogP contribution in [0.3, 0.4) is 0 Å². The fourth-order valence-electron chi connectivity index (χ4n) is 2.22. The molecule has 0 aliphatic carbocycles. The molecule has 0 atom stereocenters. The van der Waals surface area contributed by atoms with Crippen LogP contribution in [0.1, 0.15) is 5.56 Å². The van der Waals surface area contributed by atoms with Crippen molar-refractivity contribution in [2.75, 3.05) is 12.4 Å². The summed E-state index contributed by atoms with van der Waals surface area (Å²) in [6, 6.07) is 7.71. The average molecular weight is 303 g/mol. The number of nitrogens with one attached hydrogen (secondary N) is 1. The van der Waals surface area contributed by atoms with Crippen LogP contribution < -0.4 is 5.32 Å². The van der Waals surface area contributed by atoms with Gasteiger partial charge >= 0.3 is 0 Å². The fourth-order valence-corrected chi connectivity index (χ4v) is 2.35. The van der Waals surface area contributed by atoms with Crippen LogP contribution in [0.25, 0.3) is 10.9 Å². The molecule has 0 saturated carbocycles. The van der Waals surface area contributed by atoms with Gasteiger partial charge < -0.3 is 15.0 Å². The molecule has 108 valence electrons. The number of nitrogens with zero attached hydrogens (tertiary/aromatic N) is 3. The normalized spacial score (nSPS) is 11.0. The lowest BCUT2D eigenvalue weighted by atomic mass is 10.1. The maximum Gasteiger partial charge on any atom is 0.223 e. The first-order valence-electron chi connectivity index (χ1n) is 6.64. The summed E-state index contributed by atoms with van der Waals surface area (Å²) in [5.74, 6) is 0.735.